The Hall–Kier alpha value is -2.77. The second-order valence-electron chi connectivity index (χ2n) is 13.2. The molecular formula is C31H44N2O6. The van der Waals surface area contributed by atoms with Crippen molar-refractivity contribution >= 4 is 17.8 Å². The maximum atomic E-state index is 13.7. The molecule has 2 bridgehead atoms. The van der Waals surface area contributed by atoms with Gasteiger partial charge in [0, 0.05) is 12.6 Å². The van der Waals surface area contributed by atoms with E-state index in [4.69, 9.17) is 9.47 Å². The average molecular weight is 541 g/mol. The average Bonchev–Trinajstić information content (AvgIpc) is 3.49. The minimum absolute atomic E-state index is 0.0755. The zero-order valence-corrected chi connectivity index (χ0v) is 23.8. The first-order valence-electron chi connectivity index (χ1n) is 14.7. The molecule has 0 aromatic heterocycles. The summed E-state index contributed by atoms with van der Waals surface area (Å²) in [4.78, 5) is 38.7. The molecule has 8 heteroatoms. The van der Waals surface area contributed by atoms with Gasteiger partial charge in [-0.2, -0.15) is 0 Å². The number of hydrogen-bond acceptors (Lipinski definition) is 5. The Labute approximate surface area is 231 Å². The Bertz CT molecular complexity index is 1120. The van der Waals surface area contributed by atoms with Gasteiger partial charge in [0.05, 0.1) is 30.1 Å². The molecule has 0 heterocycles. The van der Waals surface area contributed by atoms with E-state index in [0.717, 1.165) is 37.7 Å². The molecular weight excluding hydrogens is 496 g/mol. The molecule has 4 aliphatic rings. The summed E-state index contributed by atoms with van der Waals surface area (Å²) in [7, 11) is 1.56. The van der Waals surface area contributed by atoms with Crippen LogP contribution in [0.3, 0.4) is 0 Å². The summed E-state index contributed by atoms with van der Waals surface area (Å²) in [6.45, 7) is 6.63. The lowest BCUT2D eigenvalue weighted by molar-refractivity contribution is -0.150. The summed E-state index contributed by atoms with van der Waals surface area (Å²) < 4.78 is 11.9. The van der Waals surface area contributed by atoms with Gasteiger partial charge in [-0.25, -0.2) is 0 Å². The van der Waals surface area contributed by atoms with Crippen molar-refractivity contribution in [3.05, 3.63) is 23.3 Å². The molecule has 214 valence electrons. The minimum Gasteiger partial charge on any atom is -0.496 e. The lowest BCUT2D eigenvalue weighted by atomic mass is 9.70. The molecule has 4 fully saturated rings. The van der Waals surface area contributed by atoms with E-state index < -0.39 is 11.4 Å². The van der Waals surface area contributed by atoms with Crippen molar-refractivity contribution in [3.63, 3.8) is 0 Å². The molecule has 3 N–H and O–H groups in total. The van der Waals surface area contributed by atoms with Crippen LogP contribution in [-0.2, 0) is 9.59 Å². The van der Waals surface area contributed by atoms with Gasteiger partial charge in [-0.1, -0.05) is 13.3 Å². The number of carboxylic acids is 1. The van der Waals surface area contributed by atoms with Gasteiger partial charge in [0.25, 0.3) is 5.91 Å². The molecule has 0 saturated heterocycles. The summed E-state index contributed by atoms with van der Waals surface area (Å²) in [6.07, 6.45) is 8.91. The maximum Gasteiger partial charge on any atom is 0.309 e. The molecule has 0 spiro atoms. The Balaban J connectivity index is 1.28. The molecule has 1 aromatic carbocycles. The van der Waals surface area contributed by atoms with E-state index in [9.17, 15) is 19.5 Å². The van der Waals surface area contributed by atoms with Crippen molar-refractivity contribution in [2.75, 3.05) is 13.7 Å². The predicted molar refractivity (Wildman–Crippen MR) is 147 cm³/mol. The van der Waals surface area contributed by atoms with Gasteiger partial charge < -0.3 is 25.2 Å². The van der Waals surface area contributed by atoms with Crippen LogP contribution in [0, 0.1) is 35.5 Å². The summed E-state index contributed by atoms with van der Waals surface area (Å²) in [5.41, 5.74) is 0.701. The summed E-state index contributed by atoms with van der Waals surface area (Å²) in [5, 5.41) is 16.0. The first-order valence-corrected chi connectivity index (χ1v) is 14.7. The smallest absolute Gasteiger partial charge is 0.309 e. The third-order valence-corrected chi connectivity index (χ3v) is 10.3. The first kappa shape index (κ1) is 27.8. The van der Waals surface area contributed by atoms with E-state index in [1.807, 2.05) is 13.0 Å². The van der Waals surface area contributed by atoms with Crippen LogP contribution in [0.4, 0.5) is 0 Å². The van der Waals surface area contributed by atoms with Crippen LogP contribution in [0.1, 0.15) is 94.0 Å². The monoisotopic (exact) mass is 540 g/mol. The summed E-state index contributed by atoms with van der Waals surface area (Å²) in [5.74, 6) is 0.582. The van der Waals surface area contributed by atoms with E-state index in [0.29, 0.717) is 61.1 Å². The molecule has 4 atom stereocenters. The molecule has 4 aliphatic carbocycles. The highest BCUT2D eigenvalue weighted by Gasteiger charge is 2.51. The Morgan fingerprint density at radius 2 is 1.72 bits per heavy atom. The van der Waals surface area contributed by atoms with Gasteiger partial charge in [-0.3, -0.25) is 14.4 Å². The largest absolute Gasteiger partial charge is 0.496 e. The van der Waals surface area contributed by atoms with Crippen molar-refractivity contribution in [1.82, 2.24) is 10.6 Å². The Morgan fingerprint density at radius 1 is 1.03 bits per heavy atom. The molecule has 8 nitrogen and oxygen atoms in total. The molecule has 2 amide bonds. The zero-order chi connectivity index (χ0) is 27.9. The van der Waals surface area contributed by atoms with E-state index in [1.54, 1.807) is 20.1 Å². The predicted octanol–water partition coefficient (Wildman–Crippen LogP) is 4.87. The SMILES string of the molecule is COc1c(C)cc(OC2CCC(C)(C(=O)O)CC2)cc1C(=O)N[C@@H]1[C@H]2CC[C@H](C2)[C@@H]1C(=O)NCC1(C)CCC1. The topological polar surface area (TPSA) is 114 Å². The van der Waals surface area contributed by atoms with Crippen molar-refractivity contribution in [1.29, 1.82) is 0 Å². The minimum atomic E-state index is -0.759. The lowest BCUT2D eigenvalue weighted by Gasteiger charge is -2.39. The summed E-state index contributed by atoms with van der Waals surface area (Å²) >= 11 is 0. The number of rotatable bonds is 9. The number of amides is 2. The fourth-order valence-electron chi connectivity index (χ4n) is 7.48. The number of carboxylic acid groups (broad SMARTS) is 1. The molecule has 5 rings (SSSR count). The van der Waals surface area contributed by atoms with Gasteiger partial charge in [-0.05, 0) is 107 Å². The summed E-state index contributed by atoms with van der Waals surface area (Å²) in [6, 6.07) is 3.41. The van der Waals surface area contributed by atoms with Crippen molar-refractivity contribution in [3.8, 4) is 11.5 Å². The molecule has 1 aromatic rings. The van der Waals surface area contributed by atoms with Crippen molar-refractivity contribution in [2.45, 2.75) is 97.1 Å². The molecule has 39 heavy (non-hydrogen) atoms. The number of fused-ring (bicyclic) bond motifs is 2. The van der Waals surface area contributed by atoms with Crippen LogP contribution in [0.25, 0.3) is 0 Å². The standard InChI is InChI=1S/C31H44N2O6/c1-18-14-22(39-21-8-12-31(3,13-9-21)29(36)37)16-23(26(18)38-4)27(34)33-25-20-7-6-19(15-20)24(25)28(35)32-17-30(2)10-5-11-30/h14,16,19-21,24-25H,5-13,15,17H2,1-4H3,(H,32,35)(H,33,34)(H,36,37)/t19-,20+,21?,24+,25-,31?/m1/s1. The number of hydrogen-bond donors (Lipinski definition) is 3. The van der Waals surface area contributed by atoms with Gasteiger partial charge in [0.1, 0.15) is 11.5 Å². The van der Waals surface area contributed by atoms with E-state index >= 15 is 0 Å². The van der Waals surface area contributed by atoms with E-state index in [2.05, 4.69) is 17.6 Å². The fraction of sp³-hybridized carbons (Fsp3) is 0.710. The lowest BCUT2D eigenvalue weighted by Crippen LogP contribution is -2.51. The highest BCUT2D eigenvalue weighted by Crippen LogP contribution is 2.49. The highest BCUT2D eigenvalue weighted by atomic mass is 16.5. The van der Waals surface area contributed by atoms with Crippen LogP contribution >= 0.6 is 0 Å². The fourth-order valence-corrected chi connectivity index (χ4v) is 7.48. The second kappa shape index (κ2) is 10.7. The molecule has 0 radical (unpaired) electrons. The van der Waals surface area contributed by atoms with Crippen LogP contribution in [0.15, 0.2) is 12.1 Å². The van der Waals surface area contributed by atoms with Crippen LogP contribution in [-0.4, -0.2) is 48.7 Å². The van der Waals surface area contributed by atoms with E-state index in [1.165, 1.54) is 6.42 Å². The van der Waals surface area contributed by atoms with Gasteiger partial charge in [-0.15, -0.1) is 0 Å². The third-order valence-electron chi connectivity index (χ3n) is 10.3. The van der Waals surface area contributed by atoms with Crippen LogP contribution < -0.4 is 20.1 Å². The normalized spacial score (nSPS) is 32.7. The number of aryl methyl sites for hydroxylation is 1. The maximum absolute atomic E-state index is 13.7. The third kappa shape index (κ3) is 5.48. The van der Waals surface area contributed by atoms with Gasteiger partial charge >= 0.3 is 5.97 Å². The number of ether oxygens (including phenoxy) is 2. The zero-order valence-electron chi connectivity index (χ0n) is 23.8. The first-order chi connectivity index (χ1) is 18.5. The van der Waals surface area contributed by atoms with Crippen molar-refractivity contribution < 1.29 is 29.0 Å². The van der Waals surface area contributed by atoms with Crippen LogP contribution in [0.2, 0.25) is 0 Å². The molecule has 4 saturated carbocycles. The van der Waals surface area contributed by atoms with Crippen molar-refractivity contribution in [2.24, 2.45) is 28.6 Å². The highest BCUT2D eigenvalue weighted by molar-refractivity contribution is 5.98. The molecule has 0 unspecified atom stereocenters. The quantitative estimate of drug-likeness (QED) is 0.412. The number of benzene rings is 1. The number of nitrogens with one attached hydrogen (secondary N) is 2. The van der Waals surface area contributed by atoms with Crippen LogP contribution in [0.5, 0.6) is 11.5 Å². The number of carbonyl (C=O) groups is 3. The number of carbonyl (C=O) groups excluding carboxylic acids is 2. The number of methoxy groups -OCH3 is 1. The van der Waals surface area contributed by atoms with Gasteiger partial charge in [0.15, 0.2) is 0 Å². The Kier molecular flexibility index (Phi) is 7.59. The Morgan fingerprint density at radius 3 is 2.33 bits per heavy atom. The van der Waals surface area contributed by atoms with Gasteiger partial charge in [0.2, 0.25) is 5.91 Å². The second-order valence-corrected chi connectivity index (χ2v) is 13.2. The van der Waals surface area contributed by atoms with E-state index in [-0.39, 0.29) is 35.3 Å². The number of aliphatic carboxylic acids is 1. The molecule has 0 aliphatic heterocycles.